The first-order valence-corrected chi connectivity index (χ1v) is 19.0. The summed E-state index contributed by atoms with van der Waals surface area (Å²) in [6.07, 6.45) is 0. The lowest BCUT2D eigenvalue weighted by molar-refractivity contribution is 1.18. The van der Waals surface area contributed by atoms with E-state index in [4.69, 9.17) is 9.97 Å². The molecular weight excluding hydrogens is 677 g/mol. The van der Waals surface area contributed by atoms with Gasteiger partial charge in [0.2, 0.25) is 0 Å². The molecule has 262 valence electrons. The Hall–Kier alpha value is -7.42. The van der Waals surface area contributed by atoms with Crippen LogP contribution in [-0.4, -0.2) is 9.97 Å². The summed E-state index contributed by atoms with van der Waals surface area (Å²) in [7, 11) is 0. The zero-order valence-corrected chi connectivity index (χ0v) is 30.7. The fourth-order valence-corrected chi connectivity index (χ4v) is 7.62. The number of nitrogens with zero attached hydrogens (tertiary/aromatic N) is 2. The Morgan fingerprint density at radius 1 is 0.196 bits per heavy atom. The molecule has 0 bridgehead atoms. The Morgan fingerprint density at radius 3 is 1.04 bits per heavy atom. The summed E-state index contributed by atoms with van der Waals surface area (Å²) in [4.78, 5) is 10.5. The molecule has 0 aliphatic heterocycles. The molecular formula is C54H36N2. The van der Waals surface area contributed by atoms with E-state index in [0.717, 1.165) is 39.0 Å². The van der Waals surface area contributed by atoms with E-state index in [9.17, 15) is 0 Å². The van der Waals surface area contributed by atoms with Crippen LogP contribution in [0.1, 0.15) is 0 Å². The lowest BCUT2D eigenvalue weighted by atomic mass is 9.96. The molecule has 0 spiro atoms. The number of hydrogen-bond acceptors (Lipinski definition) is 2. The summed E-state index contributed by atoms with van der Waals surface area (Å²) < 4.78 is 0. The van der Waals surface area contributed by atoms with Gasteiger partial charge in [-0.15, -0.1) is 0 Å². The number of benzene rings is 9. The van der Waals surface area contributed by atoms with Gasteiger partial charge in [-0.05, 0) is 102 Å². The monoisotopic (exact) mass is 712 g/mol. The molecule has 0 atom stereocenters. The van der Waals surface area contributed by atoms with E-state index in [0.29, 0.717) is 5.82 Å². The van der Waals surface area contributed by atoms with Gasteiger partial charge in [-0.2, -0.15) is 0 Å². The van der Waals surface area contributed by atoms with E-state index in [1.54, 1.807) is 0 Å². The zero-order chi connectivity index (χ0) is 37.3. The molecule has 1 aromatic heterocycles. The topological polar surface area (TPSA) is 25.8 Å². The first-order valence-electron chi connectivity index (χ1n) is 19.0. The number of rotatable bonds is 7. The van der Waals surface area contributed by atoms with Crippen LogP contribution in [-0.2, 0) is 0 Å². The quantitative estimate of drug-likeness (QED) is 0.164. The van der Waals surface area contributed by atoms with Crippen LogP contribution in [0.5, 0.6) is 0 Å². The Bertz CT molecular complexity index is 2990. The summed E-state index contributed by atoms with van der Waals surface area (Å²) in [5, 5.41) is 4.77. The second kappa shape index (κ2) is 14.4. The minimum absolute atomic E-state index is 0.698. The smallest absolute Gasteiger partial charge is 0.160 e. The second-order valence-electron chi connectivity index (χ2n) is 14.3. The standard InChI is InChI=1S/C54H36N2/c1-4-11-37(12-5-1)40-19-21-41(22-20-40)52-36-53(56-54(55-52)51-30-29-48-32-44(24-26-49(48)35-51)39-15-8-3-9-16-39)50-18-10-17-42(34-50)45-27-28-46-31-43(23-25-47(46)33-45)38-13-6-2-7-14-38/h1-36H. The van der Waals surface area contributed by atoms with Gasteiger partial charge in [-0.3, -0.25) is 0 Å². The van der Waals surface area contributed by atoms with E-state index >= 15 is 0 Å². The summed E-state index contributed by atoms with van der Waals surface area (Å²) in [6.45, 7) is 0. The van der Waals surface area contributed by atoms with Crippen LogP contribution in [0.4, 0.5) is 0 Å². The maximum absolute atomic E-state index is 5.25. The molecule has 9 aromatic carbocycles. The van der Waals surface area contributed by atoms with Crippen molar-refractivity contribution in [1.82, 2.24) is 9.97 Å². The molecule has 0 fully saturated rings. The summed E-state index contributed by atoms with van der Waals surface area (Å²) in [5.41, 5.74) is 14.4. The Labute approximate surface area is 327 Å². The van der Waals surface area contributed by atoms with Crippen LogP contribution >= 0.6 is 0 Å². The van der Waals surface area contributed by atoms with Crippen LogP contribution in [0.25, 0.3) is 100.0 Å². The third kappa shape index (κ3) is 6.66. The van der Waals surface area contributed by atoms with Crippen LogP contribution < -0.4 is 0 Å². The fraction of sp³-hybridized carbons (Fsp3) is 0. The predicted octanol–water partition coefficient (Wildman–Crippen LogP) is 14.5. The van der Waals surface area contributed by atoms with Crippen molar-refractivity contribution in [3.05, 3.63) is 218 Å². The third-order valence-corrected chi connectivity index (χ3v) is 10.7. The molecule has 0 aliphatic carbocycles. The SMILES string of the molecule is c1ccc(-c2ccc(-c3cc(-c4cccc(-c5ccc6cc(-c7ccccc7)ccc6c5)c4)nc(-c4ccc5cc(-c6ccccc6)ccc5c4)n3)cc2)cc1. The van der Waals surface area contributed by atoms with Crippen molar-refractivity contribution in [2.24, 2.45) is 0 Å². The van der Waals surface area contributed by atoms with Crippen LogP contribution in [0.3, 0.4) is 0 Å². The van der Waals surface area contributed by atoms with Gasteiger partial charge in [0.05, 0.1) is 11.4 Å². The Balaban J connectivity index is 1.04. The van der Waals surface area contributed by atoms with E-state index in [1.165, 1.54) is 55.1 Å². The molecule has 0 saturated carbocycles. The van der Waals surface area contributed by atoms with Crippen molar-refractivity contribution >= 4 is 21.5 Å². The highest BCUT2D eigenvalue weighted by Crippen LogP contribution is 2.34. The van der Waals surface area contributed by atoms with Gasteiger partial charge < -0.3 is 0 Å². The molecule has 0 N–H and O–H groups in total. The number of hydrogen-bond donors (Lipinski definition) is 0. The summed E-state index contributed by atoms with van der Waals surface area (Å²) in [5.74, 6) is 0.698. The minimum Gasteiger partial charge on any atom is -0.228 e. The maximum Gasteiger partial charge on any atom is 0.160 e. The Kier molecular flexibility index (Phi) is 8.55. The Morgan fingerprint density at radius 2 is 0.518 bits per heavy atom. The highest BCUT2D eigenvalue weighted by Gasteiger charge is 2.13. The van der Waals surface area contributed by atoms with Crippen LogP contribution in [0.2, 0.25) is 0 Å². The van der Waals surface area contributed by atoms with E-state index < -0.39 is 0 Å². The largest absolute Gasteiger partial charge is 0.228 e. The van der Waals surface area contributed by atoms with Gasteiger partial charge in [-0.25, -0.2) is 9.97 Å². The van der Waals surface area contributed by atoms with Gasteiger partial charge in [-0.1, -0.05) is 182 Å². The van der Waals surface area contributed by atoms with E-state index in [-0.39, 0.29) is 0 Å². The lowest BCUT2D eigenvalue weighted by Gasteiger charge is -2.12. The molecule has 10 rings (SSSR count). The van der Waals surface area contributed by atoms with Crippen molar-refractivity contribution in [2.45, 2.75) is 0 Å². The molecule has 0 radical (unpaired) electrons. The molecule has 56 heavy (non-hydrogen) atoms. The van der Waals surface area contributed by atoms with Gasteiger partial charge in [0.25, 0.3) is 0 Å². The molecule has 1 heterocycles. The normalized spacial score (nSPS) is 11.2. The first kappa shape index (κ1) is 33.2. The van der Waals surface area contributed by atoms with Gasteiger partial charge in [0.15, 0.2) is 5.82 Å². The van der Waals surface area contributed by atoms with Crippen molar-refractivity contribution in [1.29, 1.82) is 0 Å². The van der Waals surface area contributed by atoms with Crippen molar-refractivity contribution in [3.63, 3.8) is 0 Å². The highest BCUT2D eigenvalue weighted by molar-refractivity contribution is 5.92. The van der Waals surface area contributed by atoms with Gasteiger partial charge in [0.1, 0.15) is 0 Å². The fourth-order valence-electron chi connectivity index (χ4n) is 7.62. The molecule has 2 heteroatoms. The third-order valence-electron chi connectivity index (χ3n) is 10.7. The minimum atomic E-state index is 0.698. The summed E-state index contributed by atoms with van der Waals surface area (Å²) >= 11 is 0. The average molecular weight is 713 g/mol. The molecule has 0 amide bonds. The van der Waals surface area contributed by atoms with Gasteiger partial charge in [0, 0.05) is 16.7 Å². The van der Waals surface area contributed by atoms with Crippen molar-refractivity contribution < 1.29 is 0 Å². The van der Waals surface area contributed by atoms with Gasteiger partial charge >= 0.3 is 0 Å². The lowest BCUT2D eigenvalue weighted by Crippen LogP contribution is -1.96. The molecule has 0 saturated heterocycles. The highest BCUT2D eigenvalue weighted by atomic mass is 14.9. The maximum atomic E-state index is 5.25. The van der Waals surface area contributed by atoms with Crippen molar-refractivity contribution in [2.75, 3.05) is 0 Å². The first-order chi connectivity index (χ1) is 27.7. The summed E-state index contributed by atoms with van der Waals surface area (Å²) in [6, 6.07) is 77.7. The number of aromatic nitrogens is 2. The van der Waals surface area contributed by atoms with E-state index in [2.05, 4.69) is 212 Å². The second-order valence-corrected chi connectivity index (χ2v) is 14.3. The molecule has 10 aromatic rings. The predicted molar refractivity (Wildman–Crippen MR) is 235 cm³/mol. The van der Waals surface area contributed by atoms with Crippen molar-refractivity contribution in [3.8, 4) is 78.4 Å². The van der Waals surface area contributed by atoms with Crippen LogP contribution in [0, 0.1) is 0 Å². The molecule has 0 unspecified atom stereocenters. The molecule has 2 nitrogen and oxygen atoms in total. The van der Waals surface area contributed by atoms with Crippen LogP contribution in [0.15, 0.2) is 218 Å². The average Bonchev–Trinajstić information content (AvgIpc) is 3.29. The number of fused-ring (bicyclic) bond motifs is 2. The molecule has 0 aliphatic rings. The zero-order valence-electron chi connectivity index (χ0n) is 30.7. The van der Waals surface area contributed by atoms with E-state index in [1.807, 2.05) is 6.07 Å².